The molecule has 0 spiro atoms. The predicted molar refractivity (Wildman–Crippen MR) is 63.1 cm³/mol. The van der Waals surface area contributed by atoms with Gasteiger partial charge in [-0.05, 0) is 30.7 Å². The lowest BCUT2D eigenvalue weighted by Crippen LogP contribution is -2.16. The topological polar surface area (TPSA) is 55.1 Å². The van der Waals surface area contributed by atoms with E-state index >= 15 is 0 Å². The van der Waals surface area contributed by atoms with Crippen LogP contribution in [0.5, 0.6) is 0 Å². The molecule has 0 aromatic heterocycles. The maximum Gasteiger partial charge on any atom is 0.389 e. The summed E-state index contributed by atoms with van der Waals surface area (Å²) in [7, 11) is 0. The van der Waals surface area contributed by atoms with Crippen LogP contribution in [0.15, 0.2) is 24.3 Å². The Hall–Kier alpha value is -1.56. The molecule has 0 heterocycles. The number of nitrogens with two attached hydrogens (primary N) is 1. The predicted octanol–water partition coefficient (Wildman–Crippen LogP) is 2.47. The Bertz CT molecular complexity index is 387. The number of alkyl halides is 3. The molecule has 1 amide bonds. The molecule has 0 bridgehead atoms. The SMILES string of the molecule is NCCc1ccc(NC(=O)CCC(F)(F)F)cc1. The Kier molecular flexibility index (Phi) is 5.15. The molecule has 1 aromatic rings. The van der Waals surface area contributed by atoms with Gasteiger partial charge in [-0.3, -0.25) is 4.79 Å². The summed E-state index contributed by atoms with van der Waals surface area (Å²) in [5, 5.41) is 2.41. The molecule has 0 aliphatic carbocycles. The van der Waals surface area contributed by atoms with Crippen molar-refractivity contribution >= 4 is 11.6 Å². The third-order valence-corrected chi connectivity index (χ3v) is 2.31. The van der Waals surface area contributed by atoms with Crippen LogP contribution < -0.4 is 11.1 Å². The van der Waals surface area contributed by atoms with Gasteiger partial charge in [0.25, 0.3) is 0 Å². The summed E-state index contributed by atoms with van der Waals surface area (Å²) in [6, 6.07) is 6.87. The Balaban J connectivity index is 2.44. The summed E-state index contributed by atoms with van der Waals surface area (Å²) in [4.78, 5) is 11.2. The van der Waals surface area contributed by atoms with Crippen LogP contribution in [0.25, 0.3) is 0 Å². The van der Waals surface area contributed by atoms with E-state index in [-0.39, 0.29) is 0 Å². The molecule has 0 radical (unpaired) electrons. The van der Waals surface area contributed by atoms with E-state index in [1.807, 2.05) is 0 Å². The first-order valence-electron chi connectivity index (χ1n) is 5.56. The van der Waals surface area contributed by atoms with E-state index in [9.17, 15) is 18.0 Å². The van der Waals surface area contributed by atoms with Crippen LogP contribution in [0.2, 0.25) is 0 Å². The second-order valence-corrected chi connectivity index (χ2v) is 3.90. The maximum absolute atomic E-state index is 11.9. The van der Waals surface area contributed by atoms with Gasteiger partial charge in [0.2, 0.25) is 5.91 Å². The molecule has 0 aliphatic rings. The lowest BCUT2D eigenvalue weighted by Gasteiger charge is -2.08. The first kappa shape index (κ1) is 14.5. The van der Waals surface area contributed by atoms with Crippen LogP contribution in [0, 0.1) is 0 Å². The van der Waals surface area contributed by atoms with Crippen molar-refractivity contribution in [3.63, 3.8) is 0 Å². The summed E-state index contributed by atoms with van der Waals surface area (Å²) >= 11 is 0. The number of carbonyl (C=O) groups is 1. The van der Waals surface area contributed by atoms with Crippen molar-refractivity contribution in [2.24, 2.45) is 5.73 Å². The summed E-state index contributed by atoms with van der Waals surface area (Å²) < 4.78 is 35.7. The molecule has 0 saturated heterocycles. The molecule has 6 heteroatoms. The van der Waals surface area contributed by atoms with Crippen LogP contribution in [0.4, 0.5) is 18.9 Å². The van der Waals surface area contributed by atoms with Crippen molar-refractivity contribution in [2.45, 2.75) is 25.4 Å². The van der Waals surface area contributed by atoms with Crippen molar-refractivity contribution in [2.75, 3.05) is 11.9 Å². The molecular weight excluding hydrogens is 245 g/mol. The van der Waals surface area contributed by atoms with Gasteiger partial charge in [0, 0.05) is 12.1 Å². The molecule has 1 aromatic carbocycles. The van der Waals surface area contributed by atoms with Gasteiger partial charge in [0.15, 0.2) is 0 Å². The number of rotatable bonds is 5. The Labute approximate surface area is 103 Å². The van der Waals surface area contributed by atoms with Crippen molar-refractivity contribution in [3.05, 3.63) is 29.8 Å². The Morgan fingerprint density at radius 2 is 1.83 bits per heavy atom. The molecule has 1 rings (SSSR count). The summed E-state index contributed by atoms with van der Waals surface area (Å²) in [5.41, 5.74) is 6.89. The first-order chi connectivity index (χ1) is 8.40. The minimum atomic E-state index is -4.30. The molecule has 0 atom stereocenters. The zero-order chi connectivity index (χ0) is 13.6. The lowest BCUT2D eigenvalue weighted by molar-refractivity contribution is -0.142. The van der Waals surface area contributed by atoms with E-state index in [0.717, 1.165) is 12.0 Å². The third kappa shape index (κ3) is 5.67. The summed E-state index contributed by atoms with van der Waals surface area (Å²) in [6.45, 7) is 0.525. The van der Waals surface area contributed by atoms with Gasteiger partial charge in [-0.25, -0.2) is 0 Å². The van der Waals surface area contributed by atoms with Crippen LogP contribution >= 0.6 is 0 Å². The number of amides is 1. The maximum atomic E-state index is 11.9. The number of benzene rings is 1. The van der Waals surface area contributed by atoms with E-state index < -0.39 is 24.9 Å². The number of halogens is 3. The van der Waals surface area contributed by atoms with Gasteiger partial charge in [-0.15, -0.1) is 0 Å². The number of anilines is 1. The van der Waals surface area contributed by atoms with Crippen molar-refractivity contribution in [1.82, 2.24) is 0 Å². The molecule has 0 fully saturated rings. The number of hydrogen-bond acceptors (Lipinski definition) is 2. The quantitative estimate of drug-likeness (QED) is 0.854. The fourth-order valence-corrected chi connectivity index (χ4v) is 1.40. The largest absolute Gasteiger partial charge is 0.389 e. The Morgan fingerprint density at radius 1 is 1.22 bits per heavy atom. The smallest absolute Gasteiger partial charge is 0.330 e. The highest BCUT2D eigenvalue weighted by Crippen LogP contribution is 2.21. The minimum absolute atomic E-state index is 0.489. The molecular formula is C12H15F3N2O. The zero-order valence-electron chi connectivity index (χ0n) is 9.76. The average Bonchev–Trinajstić information content (AvgIpc) is 2.29. The summed E-state index contributed by atoms with van der Waals surface area (Å²) in [6.07, 6.45) is -5.25. The van der Waals surface area contributed by atoms with Gasteiger partial charge in [-0.1, -0.05) is 12.1 Å². The van der Waals surface area contributed by atoms with Crippen LogP contribution in [-0.2, 0) is 11.2 Å². The molecule has 0 saturated carbocycles. The fourth-order valence-electron chi connectivity index (χ4n) is 1.40. The van der Waals surface area contributed by atoms with Crippen molar-refractivity contribution in [1.29, 1.82) is 0 Å². The van der Waals surface area contributed by atoms with Gasteiger partial charge in [0.05, 0.1) is 6.42 Å². The van der Waals surface area contributed by atoms with Crippen LogP contribution in [-0.4, -0.2) is 18.6 Å². The average molecular weight is 260 g/mol. The number of carbonyl (C=O) groups excluding carboxylic acids is 1. The van der Waals surface area contributed by atoms with Gasteiger partial charge in [0.1, 0.15) is 0 Å². The standard InChI is InChI=1S/C12H15F3N2O/c13-12(14,15)7-5-11(18)17-10-3-1-9(2-4-10)6-8-16/h1-4H,5-8,16H2,(H,17,18). The van der Waals surface area contributed by atoms with E-state index in [2.05, 4.69) is 5.32 Å². The van der Waals surface area contributed by atoms with Crippen molar-refractivity contribution in [3.8, 4) is 0 Å². The zero-order valence-corrected chi connectivity index (χ0v) is 9.76. The highest BCUT2D eigenvalue weighted by molar-refractivity contribution is 5.90. The van der Waals surface area contributed by atoms with E-state index in [4.69, 9.17) is 5.73 Å². The van der Waals surface area contributed by atoms with E-state index in [1.165, 1.54) is 0 Å². The monoisotopic (exact) mass is 260 g/mol. The van der Waals surface area contributed by atoms with Gasteiger partial charge in [-0.2, -0.15) is 13.2 Å². The van der Waals surface area contributed by atoms with Gasteiger partial charge < -0.3 is 11.1 Å². The minimum Gasteiger partial charge on any atom is -0.330 e. The van der Waals surface area contributed by atoms with Gasteiger partial charge >= 0.3 is 6.18 Å². The van der Waals surface area contributed by atoms with Crippen molar-refractivity contribution < 1.29 is 18.0 Å². The second-order valence-electron chi connectivity index (χ2n) is 3.90. The molecule has 18 heavy (non-hydrogen) atoms. The molecule has 0 unspecified atom stereocenters. The van der Waals surface area contributed by atoms with E-state index in [1.54, 1.807) is 24.3 Å². The molecule has 100 valence electrons. The normalized spacial score (nSPS) is 11.3. The number of hydrogen-bond donors (Lipinski definition) is 2. The highest BCUT2D eigenvalue weighted by Gasteiger charge is 2.27. The molecule has 0 aliphatic heterocycles. The van der Waals surface area contributed by atoms with Crippen LogP contribution in [0.3, 0.4) is 0 Å². The summed E-state index contributed by atoms with van der Waals surface area (Å²) in [5.74, 6) is -0.640. The van der Waals surface area contributed by atoms with E-state index in [0.29, 0.717) is 12.2 Å². The Morgan fingerprint density at radius 3 is 2.33 bits per heavy atom. The number of nitrogens with one attached hydrogen (secondary N) is 1. The fraction of sp³-hybridized carbons (Fsp3) is 0.417. The highest BCUT2D eigenvalue weighted by atomic mass is 19.4. The molecule has 3 nitrogen and oxygen atoms in total. The first-order valence-corrected chi connectivity index (χ1v) is 5.56. The second kappa shape index (κ2) is 6.39. The third-order valence-electron chi connectivity index (χ3n) is 2.31. The lowest BCUT2D eigenvalue weighted by atomic mass is 10.1. The molecule has 3 N–H and O–H groups in total. The van der Waals surface area contributed by atoms with Crippen LogP contribution in [0.1, 0.15) is 18.4 Å².